The molecular weight excluding hydrogens is 360 g/mol. The summed E-state index contributed by atoms with van der Waals surface area (Å²) >= 11 is 0. The van der Waals surface area contributed by atoms with Crippen molar-refractivity contribution in [3.8, 4) is 0 Å². The molecule has 9 nitrogen and oxygen atoms in total. The Bertz CT molecular complexity index is 883. The van der Waals surface area contributed by atoms with E-state index in [-0.39, 0.29) is 23.7 Å². The van der Waals surface area contributed by atoms with Crippen LogP contribution in [-0.2, 0) is 21.3 Å². The molecule has 1 saturated heterocycles. The third-order valence-corrected chi connectivity index (χ3v) is 5.91. The van der Waals surface area contributed by atoms with Crippen molar-refractivity contribution in [2.75, 3.05) is 31.6 Å². The second-order valence-electron chi connectivity index (χ2n) is 5.67. The number of ether oxygens (including phenoxy) is 1. The lowest BCUT2D eigenvalue weighted by atomic mass is 10.2. The van der Waals surface area contributed by atoms with Gasteiger partial charge in [-0.1, -0.05) is 6.07 Å². The highest BCUT2D eigenvalue weighted by molar-refractivity contribution is 7.89. The van der Waals surface area contributed by atoms with Crippen molar-refractivity contribution >= 4 is 21.4 Å². The van der Waals surface area contributed by atoms with Gasteiger partial charge in [0.2, 0.25) is 10.0 Å². The molecule has 2 aromatic rings. The normalized spacial score (nSPS) is 15.5. The van der Waals surface area contributed by atoms with Crippen LogP contribution in [0.3, 0.4) is 0 Å². The Kier molecular flexibility index (Phi) is 5.45. The number of hydrogen-bond donors (Lipinski definition) is 1. The highest BCUT2D eigenvalue weighted by atomic mass is 32.2. The molecule has 1 aromatic heterocycles. The lowest BCUT2D eigenvalue weighted by Gasteiger charge is -2.27. The lowest BCUT2D eigenvalue weighted by Crippen LogP contribution is -2.40. The summed E-state index contributed by atoms with van der Waals surface area (Å²) in [5.74, 6) is 0. The van der Waals surface area contributed by atoms with Crippen molar-refractivity contribution in [3.63, 3.8) is 0 Å². The molecule has 1 N–H and O–H groups in total. The number of benzene rings is 1. The average Bonchev–Trinajstić information content (AvgIpc) is 2.67. The second kappa shape index (κ2) is 7.77. The molecular formula is C16H18N4O5S. The van der Waals surface area contributed by atoms with Crippen LogP contribution in [0.5, 0.6) is 0 Å². The quantitative estimate of drug-likeness (QED) is 0.600. The molecule has 0 saturated carbocycles. The fourth-order valence-electron chi connectivity index (χ4n) is 2.61. The van der Waals surface area contributed by atoms with Gasteiger partial charge < -0.3 is 10.1 Å². The number of rotatable bonds is 6. The summed E-state index contributed by atoms with van der Waals surface area (Å²) < 4.78 is 32.5. The highest BCUT2D eigenvalue weighted by Gasteiger charge is 2.30. The van der Waals surface area contributed by atoms with Crippen molar-refractivity contribution in [2.24, 2.45) is 0 Å². The van der Waals surface area contributed by atoms with E-state index in [4.69, 9.17) is 4.74 Å². The molecule has 3 rings (SSSR count). The zero-order valence-corrected chi connectivity index (χ0v) is 14.7. The van der Waals surface area contributed by atoms with Crippen LogP contribution in [0.25, 0.3) is 0 Å². The van der Waals surface area contributed by atoms with Crippen molar-refractivity contribution in [1.29, 1.82) is 0 Å². The summed E-state index contributed by atoms with van der Waals surface area (Å²) in [6, 6.07) is 7.42. The van der Waals surface area contributed by atoms with Gasteiger partial charge in [0.15, 0.2) is 0 Å². The van der Waals surface area contributed by atoms with E-state index in [1.165, 1.54) is 16.4 Å². The van der Waals surface area contributed by atoms with E-state index in [1.54, 1.807) is 18.5 Å². The molecule has 1 fully saturated rings. The summed E-state index contributed by atoms with van der Waals surface area (Å²) in [7, 11) is -3.88. The minimum Gasteiger partial charge on any atom is -0.380 e. The Balaban J connectivity index is 1.94. The van der Waals surface area contributed by atoms with Crippen molar-refractivity contribution < 1.29 is 18.1 Å². The van der Waals surface area contributed by atoms with Gasteiger partial charge in [0.1, 0.15) is 4.90 Å². The number of aromatic nitrogens is 1. The average molecular weight is 378 g/mol. The first kappa shape index (κ1) is 18.2. The highest BCUT2D eigenvalue weighted by Crippen LogP contribution is 2.29. The van der Waals surface area contributed by atoms with Gasteiger partial charge in [-0.05, 0) is 17.7 Å². The number of morpholine rings is 1. The summed E-state index contributed by atoms with van der Waals surface area (Å²) in [6.07, 6.45) is 3.30. The van der Waals surface area contributed by atoms with E-state index < -0.39 is 14.9 Å². The first-order valence-corrected chi connectivity index (χ1v) is 9.41. The molecule has 26 heavy (non-hydrogen) atoms. The van der Waals surface area contributed by atoms with Gasteiger partial charge in [0.25, 0.3) is 5.69 Å². The Morgan fingerprint density at radius 3 is 2.69 bits per heavy atom. The number of pyridine rings is 1. The molecule has 0 bridgehead atoms. The fraction of sp³-hybridized carbons (Fsp3) is 0.312. The maximum atomic E-state index is 13.0. The monoisotopic (exact) mass is 378 g/mol. The van der Waals surface area contributed by atoms with Gasteiger partial charge in [-0.15, -0.1) is 0 Å². The third-order valence-electron chi connectivity index (χ3n) is 3.97. The third kappa shape index (κ3) is 3.98. The Morgan fingerprint density at radius 1 is 1.27 bits per heavy atom. The molecule has 2 heterocycles. The molecule has 0 amide bonds. The maximum absolute atomic E-state index is 13.0. The summed E-state index contributed by atoms with van der Waals surface area (Å²) in [5, 5.41) is 14.1. The van der Waals surface area contributed by atoms with Gasteiger partial charge in [-0.3, -0.25) is 15.1 Å². The number of nitrogens with zero attached hydrogens (tertiary/aromatic N) is 3. The van der Waals surface area contributed by atoms with E-state index in [9.17, 15) is 18.5 Å². The van der Waals surface area contributed by atoms with Gasteiger partial charge in [-0.2, -0.15) is 4.31 Å². The van der Waals surface area contributed by atoms with Crippen LogP contribution in [0.4, 0.5) is 11.4 Å². The number of anilines is 1. The summed E-state index contributed by atoms with van der Waals surface area (Å²) in [6.45, 7) is 1.37. The Labute approximate surface area is 150 Å². The number of nitro groups is 1. The fourth-order valence-corrected chi connectivity index (χ4v) is 4.21. The maximum Gasteiger partial charge on any atom is 0.270 e. The van der Waals surface area contributed by atoms with Crippen LogP contribution < -0.4 is 5.32 Å². The molecule has 10 heteroatoms. The largest absolute Gasteiger partial charge is 0.380 e. The van der Waals surface area contributed by atoms with Crippen molar-refractivity contribution in [1.82, 2.24) is 9.29 Å². The minimum atomic E-state index is -3.88. The smallest absolute Gasteiger partial charge is 0.270 e. The Hall–Kier alpha value is -2.56. The summed E-state index contributed by atoms with van der Waals surface area (Å²) in [4.78, 5) is 14.4. The van der Waals surface area contributed by atoms with Crippen molar-refractivity contribution in [3.05, 3.63) is 58.4 Å². The molecule has 1 aromatic carbocycles. The predicted molar refractivity (Wildman–Crippen MR) is 94.2 cm³/mol. The molecule has 0 spiro atoms. The Morgan fingerprint density at radius 2 is 2.04 bits per heavy atom. The first-order valence-electron chi connectivity index (χ1n) is 7.97. The predicted octanol–water partition coefficient (Wildman–Crippen LogP) is 1.62. The van der Waals surface area contributed by atoms with E-state index in [2.05, 4.69) is 10.3 Å². The zero-order valence-electron chi connectivity index (χ0n) is 13.9. The van der Waals surface area contributed by atoms with Crippen LogP contribution in [0.2, 0.25) is 0 Å². The van der Waals surface area contributed by atoms with Crippen LogP contribution in [0, 0.1) is 10.1 Å². The van der Waals surface area contributed by atoms with Crippen LogP contribution in [0.1, 0.15) is 5.56 Å². The van der Waals surface area contributed by atoms with Gasteiger partial charge in [-0.25, -0.2) is 8.42 Å². The first-order chi connectivity index (χ1) is 12.5. The van der Waals surface area contributed by atoms with Gasteiger partial charge in [0, 0.05) is 44.2 Å². The SMILES string of the molecule is O=[N+]([O-])c1ccc(NCc2cccnc2)c(S(=O)(=O)N2CCOCC2)c1. The molecule has 138 valence electrons. The molecule has 0 atom stereocenters. The summed E-state index contributed by atoms with van der Waals surface area (Å²) in [5.41, 5.74) is 0.898. The standard InChI is InChI=1S/C16H18N4O5S/c21-20(22)14-3-4-15(18-12-13-2-1-5-17-11-13)16(10-14)26(23,24)19-6-8-25-9-7-19/h1-5,10-11,18H,6-9,12H2. The molecule has 1 aliphatic heterocycles. The van der Waals surface area contributed by atoms with Crippen LogP contribution in [-0.4, -0.2) is 48.9 Å². The topological polar surface area (TPSA) is 115 Å². The van der Waals surface area contributed by atoms with E-state index >= 15 is 0 Å². The van der Waals surface area contributed by atoms with E-state index in [1.807, 2.05) is 6.07 Å². The van der Waals surface area contributed by atoms with Gasteiger partial charge in [0.05, 0.1) is 23.8 Å². The zero-order chi connectivity index (χ0) is 18.6. The second-order valence-corrected chi connectivity index (χ2v) is 7.58. The van der Waals surface area contributed by atoms with Crippen LogP contribution in [0.15, 0.2) is 47.6 Å². The van der Waals surface area contributed by atoms with E-state index in [0.29, 0.717) is 25.4 Å². The van der Waals surface area contributed by atoms with E-state index in [0.717, 1.165) is 11.6 Å². The number of non-ortho nitro benzene ring substituents is 1. The molecule has 0 unspecified atom stereocenters. The molecule has 1 aliphatic rings. The van der Waals surface area contributed by atoms with Crippen LogP contribution >= 0.6 is 0 Å². The molecule has 0 radical (unpaired) electrons. The number of nitro benzene ring substituents is 1. The number of nitrogens with one attached hydrogen (secondary N) is 1. The lowest BCUT2D eigenvalue weighted by molar-refractivity contribution is -0.385. The minimum absolute atomic E-state index is 0.113. The van der Waals surface area contributed by atoms with Crippen molar-refractivity contribution in [2.45, 2.75) is 11.4 Å². The number of sulfonamides is 1. The van der Waals surface area contributed by atoms with Gasteiger partial charge >= 0.3 is 0 Å². The molecule has 0 aliphatic carbocycles. The number of hydrogen-bond acceptors (Lipinski definition) is 7.